The standard InChI is InChI=1S/C30H31Cl4N3O4S/c1-20(30(39)35-25-7-3-2-4-8-25)36(18-21-10-11-24(33)17-28(21)34)29(38)19-37(26-9-5-6-23(32)16-26)42(40,41)27-14-12-22(31)13-15-27/h5-6,9-17,20,25H,2-4,7-8,18-19H2,1H3,(H,35,39)/t20-/m1/s1. The smallest absolute Gasteiger partial charge is 0.264 e. The van der Waals surface area contributed by atoms with Crippen LogP contribution >= 0.6 is 46.4 Å². The first-order valence-electron chi connectivity index (χ1n) is 13.5. The summed E-state index contributed by atoms with van der Waals surface area (Å²) >= 11 is 24.7. The fourth-order valence-corrected chi connectivity index (χ4v) is 7.06. The Morgan fingerprint density at radius 1 is 0.881 bits per heavy atom. The molecule has 0 aromatic heterocycles. The molecule has 3 aromatic rings. The Balaban J connectivity index is 1.69. The zero-order valence-corrected chi connectivity index (χ0v) is 26.7. The van der Waals surface area contributed by atoms with Crippen molar-refractivity contribution < 1.29 is 18.0 Å². The summed E-state index contributed by atoms with van der Waals surface area (Å²) in [5.41, 5.74) is 0.746. The SMILES string of the molecule is C[C@H](C(=O)NC1CCCCC1)N(Cc1ccc(Cl)cc1Cl)C(=O)CN(c1cccc(Cl)c1)S(=O)(=O)c1ccc(Cl)cc1. The number of carbonyl (C=O) groups is 2. The number of halogens is 4. The zero-order valence-electron chi connectivity index (χ0n) is 22.9. The molecule has 0 saturated heterocycles. The van der Waals surface area contributed by atoms with E-state index in [0.29, 0.717) is 25.7 Å². The summed E-state index contributed by atoms with van der Waals surface area (Å²) in [5.74, 6) is -0.931. The first-order chi connectivity index (χ1) is 20.0. The van der Waals surface area contributed by atoms with E-state index >= 15 is 0 Å². The maximum absolute atomic E-state index is 14.1. The summed E-state index contributed by atoms with van der Waals surface area (Å²) in [6.45, 7) is 0.979. The van der Waals surface area contributed by atoms with Crippen LogP contribution in [0.1, 0.15) is 44.6 Å². The van der Waals surface area contributed by atoms with Gasteiger partial charge in [0.2, 0.25) is 11.8 Å². The van der Waals surface area contributed by atoms with E-state index in [1.807, 2.05) is 0 Å². The molecular weight excluding hydrogens is 640 g/mol. The van der Waals surface area contributed by atoms with Gasteiger partial charge in [-0.15, -0.1) is 0 Å². The van der Waals surface area contributed by atoms with E-state index in [1.165, 1.54) is 35.2 Å². The minimum Gasteiger partial charge on any atom is -0.352 e. The van der Waals surface area contributed by atoms with Crippen molar-refractivity contribution in [2.24, 2.45) is 0 Å². The van der Waals surface area contributed by atoms with Crippen LogP contribution in [-0.4, -0.2) is 43.8 Å². The van der Waals surface area contributed by atoms with Crippen LogP contribution < -0.4 is 9.62 Å². The third-order valence-electron chi connectivity index (χ3n) is 7.25. The zero-order chi connectivity index (χ0) is 30.4. The summed E-state index contributed by atoms with van der Waals surface area (Å²) in [6.07, 6.45) is 4.93. The highest BCUT2D eigenvalue weighted by Gasteiger charge is 2.33. The molecule has 0 unspecified atom stereocenters. The Morgan fingerprint density at radius 3 is 2.17 bits per heavy atom. The topological polar surface area (TPSA) is 86.8 Å². The van der Waals surface area contributed by atoms with E-state index in [4.69, 9.17) is 46.4 Å². The van der Waals surface area contributed by atoms with Gasteiger partial charge in [0.05, 0.1) is 10.6 Å². The minimum atomic E-state index is -4.25. The number of carbonyl (C=O) groups excluding carboxylic acids is 2. The highest BCUT2D eigenvalue weighted by atomic mass is 35.5. The molecule has 1 aliphatic carbocycles. The molecule has 0 heterocycles. The van der Waals surface area contributed by atoms with Crippen molar-refractivity contribution in [3.8, 4) is 0 Å². The van der Waals surface area contributed by atoms with Gasteiger partial charge in [-0.3, -0.25) is 13.9 Å². The van der Waals surface area contributed by atoms with Crippen molar-refractivity contribution in [3.05, 3.63) is 92.4 Å². The number of nitrogens with one attached hydrogen (secondary N) is 1. The molecule has 3 aromatic carbocycles. The third kappa shape index (κ3) is 8.11. The second-order valence-corrected chi connectivity index (χ2v) is 13.8. The highest BCUT2D eigenvalue weighted by Crippen LogP contribution is 2.29. The molecule has 2 amide bonds. The molecule has 42 heavy (non-hydrogen) atoms. The van der Waals surface area contributed by atoms with Gasteiger partial charge in [-0.2, -0.15) is 0 Å². The van der Waals surface area contributed by atoms with Gasteiger partial charge in [0.1, 0.15) is 12.6 Å². The first-order valence-corrected chi connectivity index (χ1v) is 16.5. The third-order valence-corrected chi connectivity index (χ3v) is 10.1. The molecular formula is C30H31Cl4N3O4S. The van der Waals surface area contributed by atoms with E-state index < -0.39 is 28.5 Å². The second-order valence-electron chi connectivity index (χ2n) is 10.2. The number of sulfonamides is 1. The molecule has 224 valence electrons. The lowest BCUT2D eigenvalue weighted by atomic mass is 9.95. The maximum atomic E-state index is 14.1. The van der Waals surface area contributed by atoms with Crippen LogP contribution in [0.3, 0.4) is 0 Å². The summed E-state index contributed by atoms with van der Waals surface area (Å²) in [4.78, 5) is 28.8. The van der Waals surface area contributed by atoms with Crippen LogP contribution in [0.2, 0.25) is 20.1 Å². The number of anilines is 1. The van der Waals surface area contributed by atoms with Crippen molar-refractivity contribution >= 4 is 73.9 Å². The van der Waals surface area contributed by atoms with Crippen LogP contribution in [-0.2, 0) is 26.2 Å². The predicted octanol–water partition coefficient (Wildman–Crippen LogP) is 7.36. The van der Waals surface area contributed by atoms with E-state index in [1.54, 1.807) is 43.3 Å². The van der Waals surface area contributed by atoms with E-state index in [2.05, 4.69) is 5.32 Å². The Labute approximate surface area is 266 Å². The highest BCUT2D eigenvalue weighted by molar-refractivity contribution is 7.92. The van der Waals surface area contributed by atoms with Crippen molar-refractivity contribution in [1.82, 2.24) is 10.2 Å². The van der Waals surface area contributed by atoms with Crippen molar-refractivity contribution in [2.75, 3.05) is 10.8 Å². The van der Waals surface area contributed by atoms with Gasteiger partial charge in [-0.05, 0) is 79.9 Å². The number of amides is 2. The molecule has 1 atom stereocenters. The molecule has 1 aliphatic rings. The van der Waals surface area contributed by atoms with Gasteiger partial charge in [-0.25, -0.2) is 8.42 Å². The summed E-state index contributed by atoms with van der Waals surface area (Å²) in [6, 6.07) is 15.8. The molecule has 12 heteroatoms. The van der Waals surface area contributed by atoms with E-state index in [0.717, 1.165) is 36.4 Å². The molecule has 0 spiro atoms. The first kappa shape index (κ1) is 32.4. The lowest BCUT2D eigenvalue weighted by Gasteiger charge is -2.33. The molecule has 1 fully saturated rings. The number of hydrogen-bond acceptors (Lipinski definition) is 4. The molecule has 4 rings (SSSR count). The Bertz CT molecular complexity index is 1530. The maximum Gasteiger partial charge on any atom is 0.264 e. The normalized spacial score (nSPS) is 14.7. The number of rotatable bonds is 10. The van der Waals surface area contributed by atoms with Gasteiger partial charge in [0, 0.05) is 32.7 Å². The van der Waals surface area contributed by atoms with Crippen LogP contribution in [0.4, 0.5) is 5.69 Å². The lowest BCUT2D eigenvalue weighted by molar-refractivity contribution is -0.139. The number of benzene rings is 3. The quantitative estimate of drug-likeness (QED) is 0.244. The Morgan fingerprint density at radius 2 is 1.52 bits per heavy atom. The van der Waals surface area contributed by atoms with Gasteiger partial charge in [-0.1, -0.05) is 77.8 Å². The average molecular weight is 671 g/mol. The van der Waals surface area contributed by atoms with Crippen molar-refractivity contribution in [3.63, 3.8) is 0 Å². The molecule has 0 aliphatic heterocycles. The molecule has 7 nitrogen and oxygen atoms in total. The lowest BCUT2D eigenvalue weighted by Crippen LogP contribution is -2.53. The Kier molecular flexibility index (Phi) is 11.1. The van der Waals surface area contributed by atoms with Gasteiger partial charge in [0.15, 0.2) is 0 Å². The van der Waals surface area contributed by atoms with Crippen molar-refractivity contribution in [1.29, 1.82) is 0 Å². The van der Waals surface area contributed by atoms with E-state index in [-0.39, 0.29) is 29.1 Å². The molecule has 0 bridgehead atoms. The predicted molar refractivity (Wildman–Crippen MR) is 169 cm³/mol. The van der Waals surface area contributed by atoms with Crippen molar-refractivity contribution in [2.45, 2.75) is 62.6 Å². The largest absolute Gasteiger partial charge is 0.352 e. The summed E-state index contributed by atoms with van der Waals surface area (Å²) < 4.78 is 28.7. The molecule has 1 saturated carbocycles. The molecule has 0 radical (unpaired) electrons. The average Bonchev–Trinajstić information content (AvgIpc) is 2.95. The van der Waals surface area contributed by atoms with Crippen LogP contribution in [0.5, 0.6) is 0 Å². The fraction of sp³-hybridized carbons (Fsp3) is 0.333. The summed E-state index contributed by atoms with van der Waals surface area (Å²) in [7, 11) is -4.25. The van der Waals surface area contributed by atoms with Crippen LogP contribution in [0.15, 0.2) is 71.6 Å². The van der Waals surface area contributed by atoms with Gasteiger partial charge >= 0.3 is 0 Å². The molecule has 1 N–H and O–H groups in total. The fourth-order valence-electron chi connectivity index (χ4n) is 4.88. The van der Waals surface area contributed by atoms with Gasteiger partial charge in [0.25, 0.3) is 10.0 Å². The monoisotopic (exact) mass is 669 g/mol. The van der Waals surface area contributed by atoms with Crippen LogP contribution in [0.25, 0.3) is 0 Å². The van der Waals surface area contributed by atoms with Crippen LogP contribution in [0, 0.1) is 0 Å². The van der Waals surface area contributed by atoms with E-state index in [9.17, 15) is 18.0 Å². The Hall–Kier alpha value is -2.49. The second kappa shape index (κ2) is 14.3. The summed E-state index contributed by atoms with van der Waals surface area (Å²) in [5, 5.41) is 4.47. The number of nitrogens with zero attached hydrogens (tertiary/aromatic N) is 2. The number of hydrogen-bond donors (Lipinski definition) is 1. The van der Waals surface area contributed by atoms with Gasteiger partial charge < -0.3 is 10.2 Å². The minimum absolute atomic E-state index is 0.0259.